The number of nitrogens with zero attached hydrogens (tertiary/aromatic N) is 2. The summed E-state index contributed by atoms with van der Waals surface area (Å²) in [5.41, 5.74) is -0.257. The van der Waals surface area contributed by atoms with Crippen LogP contribution in [0.5, 0.6) is 0 Å². The first kappa shape index (κ1) is 11.8. The number of urea groups is 1. The fraction of sp³-hybridized carbons (Fsp3) is 0.833. The fourth-order valence-corrected chi connectivity index (χ4v) is 3.03. The van der Waals surface area contributed by atoms with Crippen LogP contribution >= 0.6 is 0 Å². The van der Waals surface area contributed by atoms with Crippen LogP contribution in [-0.2, 0) is 9.53 Å². The number of ether oxygens (including phenoxy) is 1. The zero-order chi connectivity index (χ0) is 12.8. The zero-order valence-electron chi connectivity index (χ0n) is 10.6. The lowest BCUT2D eigenvalue weighted by Gasteiger charge is -2.37. The number of carbonyl (C=O) groups excluding carboxylic acids is 2. The van der Waals surface area contributed by atoms with Gasteiger partial charge < -0.3 is 15.0 Å². The van der Waals surface area contributed by atoms with Crippen LogP contribution in [0.1, 0.15) is 12.8 Å². The number of nitrogens with one attached hydrogen (secondary N) is 1. The molecule has 6 heteroatoms. The minimum atomic E-state index is -0.257. The van der Waals surface area contributed by atoms with Gasteiger partial charge in [-0.25, -0.2) is 4.79 Å². The monoisotopic (exact) mass is 253 g/mol. The van der Waals surface area contributed by atoms with Crippen LogP contribution in [0.2, 0.25) is 0 Å². The Labute approximate surface area is 106 Å². The molecule has 6 nitrogen and oxygen atoms in total. The number of fused-ring (bicyclic) bond motifs is 1. The molecule has 0 radical (unpaired) electrons. The molecule has 0 spiro atoms. The molecule has 0 aromatic carbocycles. The third-order valence-corrected chi connectivity index (χ3v) is 4.31. The molecule has 100 valence electrons. The summed E-state index contributed by atoms with van der Waals surface area (Å²) in [6.45, 7) is 3.96. The predicted molar refractivity (Wildman–Crippen MR) is 64.0 cm³/mol. The number of hydrogen-bond donors (Lipinski definition) is 1. The first-order chi connectivity index (χ1) is 8.64. The molecule has 0 aromatic heterocycles. The van der Waals surface area contributed by atoms with Crippen molar-refractivity contribution in [2.45, 2.75) is 18.9 Å². The summed E-state index contributed by atoms with van der Waals surface area (Å²) in [6.07, 6.45) is 1.86. The minimum Gasteiger partial charge on any atom is -0.469 e. The summed E-state index contributed by atoms with van der Waals surface area (Å²) < 4.78 is 4.88. The van der Waals surface area contributed by atoms with Gasteiger partial charge in [-0.3, -0.25) is 9.69 Å². The highest BCUT2D eigenvalue weighted by Gasteiger charge is 2.52. The summed E-state index contributed by atoms with van der Waals surface area (Å²) in [5.74, 6) is -0.0782. The van der Waals surface area contributed by atoms with Crippen LogP contribution in [0.15, 0.2) is 0 Å². The molecule has 3 aliphatic rings. The fourth-order valence-electron chi connectivity index (χ4n) is 3.03. The zero-order valence-corrected chi connectivity index (χ0v) is 10.6. The number of amides is 2. The average molecular weight is 253 g/mol. The highest BCUT2D eigenvalue weighted by molar-refractivity contribution is 5.80. The number of methoxy groups -OCH3 is 1. The maximum absolute atomic E-state index is 11.7. The summed E-state index contributed by atoms with van der Waals surface area (Å²) >= 11 is 0. The summed E-state index contributed by atoms with van der Waals surface area (Å²) in [6, 6.07) is 0.313. The number of carbonyl (C=O) groups is 2. The van der Waals surface area contributed by atoms with Crippen LogP contribution in [0.3, 0.4) is 0 Å². The summed E-state index contributed by atoms with van der Waals surface area (Å²) in [4.78, 5) is 27.4. The van der Waals surface area contributed by atoms with E-state index in [-0.39, 0.29) is 23.5 Å². The Hall–Kier alpha value is -1.30. The molecule has 3 fully saturated rings. The van der Waals surface area contributed by atoms with Crippen molar-refractivity contribution in [2.24, 2.45) is 5.41 Å². The van der Waals surface area contributed by atoms with Crippen molar-refractivity contribution < 1.29 is 14.3 Å². The summed E-state index contributed by atoms with van der Waals surface area (Å²) in [7, 11) is 1.46. The van der Waals surface area contributed by atoms with Crippen LogP contribution < -0.4 is 5.32 Å². The van der Waals surface area contributed by atoms with Crippen LogP contribution in [0.25, 0.3) is 0 Å². The molecule has 3 rings (SSSR count). The smallest absolute Gasteiger partial charge is 0.317 e. The van der Waals surface area contributed by atoms with Crippen molar-refractivity contribution in [2.75, 3.05) is 39.8 Å². The standard InChI is InChI=1S/C12H19N3O3/c1-18-10(16)12(2-3-12)8-14-4-5-15-9(7-14)6-13-11(15)17/h9H,2-8H2,1H3,(H,13,17). The second-order valence-corrected chi connectivity index (χ2v) is 5.54. The lowest BCUT2D eigenvalue weighted by molar-refractivity contribution is -0.148. The van der Waals surface area contributed by atoms with Gasteiger partial charge >= 0.3 is 12.0 Å². The normalized spacial score (nSPS) is 29.7. The molecule has 2 amide bonds. The highest BCUT2D eigenvalue weighted by atomic mass is 16.5. The van der Waals surface area contributed by atoms with Gasteiger partial charge in [-0.2, -0.15) is 0 Å². The molecule has 2 heterocycles. The van der Waals surface area contributed by atoms with E-state index in [4.69, 9.17) is 4.74 Å². The Morgan fingerprint density at radius 2 is 2.28 bits per heavy atom. The molecule has 1 saturated carbocycles. The minimum absolute atomic E-state index is 0.0498. The van der Waals surface area contributed by atoms with Gasteiger partial charge in [0.25, 0.3) is 0 Å². The van der Waals surface area contributed by atoms with Gasteiger partial charge in [0.1, 0.15) is 0 Å². The maximum atomic E-state index is 11.7. The Morgan fingerprint density at radius 1 is 1.50 bits per heavy atom. The Bertz CT molecular complexity index is 381. The third-order valence-electron chi connectivity index (χ3n) is 4.31. The van der Waals surface area contributed by atoms with E-state index in [1.807, 2.05) is 4.90 Å². The quantitative estimate of drug-likeness (QED) is 0.698. The molecule has 2 saturated heterocycles. The molecular formula is C12H19N3O3. The van der Waals surface area contributed by atoms with E-state index in [1.165, 1.54) is 7.11 Å². The van der Waals surface area contributed by atoms with E-state index in [0.717, 1.165) is 45.6 Å². The van der Waals surface area contributed by atoms with E-state index in [0.29, 0.717) is 0 Å². The summed E-state index contributed by atoms with van der Waals surface area (Å²) in [5, 5.41) is 2.86. The van der Waals surface area contributed by atoms with Crippen LogP contribution in [-0.4, -0.2) is 67.7 Å². The SMILES string of the molecule is COC(=O)C1(CN2CCN3C(=O)NCC3C2)CC1. The van der Waals surface area contributed by atoms with E-state index < -0.39 is 0 Å². The molecular weight excluding hydrogens is 234 g/mol. The molecule has 18 heavy (non-hydrogen) atoms. The van der Waals surface area contributed by atoms with E-state index >= 15 is 0 Å². The number of piperazine rings is 1. The van der Waals surface area contributed by atoms with Crippen LogP contribution in [0, 0.1) is 5.41 Å². The van der Waals surface area contributed by atoms with Crippen molar-refractivity contribution in [3.05, 3.63) is 0 Å². The van der Waals surface area contributed by atoms with Gasteiger partial charge in [0.15, 0.2) is 0 Å². The van der Waals surface area contributed by atoms with Gasteiger partial charge in [-0.1, -0.05) is 0 Å². The lowest BCUT2D eigenvalue weighted by Crippen LogP contribution is -2.53. The molecule has 0 bridgehead atoms. The van der Waals surface area contributed by atoms with Gasteiger partial charge in [-0.05, 0) is 12.8 Å². The van der Waals surface area contributed by atoms with Gasteiger partial charge in [0.2, 0.25) is 0 Å². The molecule has 1 aliphatic carbocycles. The lowest BCUT2D eigenvalue weighted by atomic mass is 10.1. The second-order valence-electron chi connectivity index (χ2n) is 5.54. The first-order valence-corrected chi connectivity index (χ1v) is 6.50. The van der Waals surface area contributed by atoms with E-state index in [9.17, 15) is 9.59 Å². The topological polar surface area (TPSA) is 61.9 Å². The van der Waals surface area contributed by atoms with Crippen molar-refractivity contribution in [3.63, 3.8) is 0 Å². The molecule has 1 atom stereocenters. The van der Waals surface area contributed by atoms with Crippen molar-refractivity contribution in [1.82, 2.24) is 15.1 Å². The number of hydrogen-bond acceptors (Lipinski definition) is 4. The Kier molecular flexibility index (Phi) is 2.69. The van der Waals surface area contributed by atoms with Crippen molar-refractivity contribution in [1.29, 1.82) is 0 Å². The Morgan fingerprint density at radius 3 is 2.94 bits per heavy atom. The predicted octanol–water partition coefficient (Wildman–Crippen LogP) is -0.351. The molecule has 2 aliphatic heterocycles. The highest BCUT2D eigenvalue weighted by Crippen LogP contribution is 2.47. The van der Waals surface area contributed by atoms with Crippen molar-refractivity contribution in [3.8, 4) is 0 Å². The van der Waals surface area contributed by atoms with E-state index in [2.05, 4.69) is 10.2 Å². The maximum Gasteiger partial charge on any atom is 0.317 e. The molecule has 0 aromatic rings. The molecule has 1 unspecified atom stereocenters. The average Bonchev–Trinajstić information content (AvgIpc) is 3.07. The van der Waals surface area contributed by atoms with Crippen molar-refractivity contribution >= 4 is 12.0 Å². The number of esters is 1. The van der Waals surface area contributed by atoms with E-state index in [1.54, 1.807) is 0 Å². The third kappa shape index (κ3) is 1.84. The van der Waals surface area contributed by atoms with Gasteiger partial charge in [0, 0.05) is 32.7 Å². The second kappa shape index (κ2) is 4.12. The number of rotatable bonds is 3. The Balaban J connectivity index is 1.59. The van der Waals surface area contributed by atoms with Gasteiger partial charge in [-0.15, -0.1) is 0 Å². The largest absolute Gasteiger partial charge is 0.469 e. The molecule has 1 N–H and O–H groups in total. The van der Waals surface area contributed by atoms with Gasteiger partial charge in [0.05, 0.1) is 18.6 Å². The first-order valence-electron chi connectivity index (χ1n) is 6.50. The van der Waals surface area contributed by atoms with Crippen LogP contribution in [0.4, 0.5) is 4.79 Å².